The molecule has 1 saturated heterocycles. The Morgan fingerprint density at radius 2 is 2.07 bits per heavy atom. The van der Waals surface area contributed by atoms with E-state index in [0.717, 1.165) is 30.9 Å². The maximum absolute atomic E-state index is 13.1. The maximum atomic E-state index is 13.1. The number of hydrogen-bond acceptors (Lipinski definition) is 5. The minimum atomic E-state index is -0.272. The zero-order chi connectivity index (χ0) is 20.7. The number of nitrogens with zero attached hydrogens (tertiary/aromatic N) is 6. The fourth-order valence-electron chi connectivity index (χ4n) is 4.79. The highest BCUT2D eigenvalue weighted by molar-refractivity contribution is 5.92. The molecule has 0 aromatic carbocycles. The number of rotatable bonds is 4. The van der Waals surface area contributed by atoms with E-state index in [2.05, 4.69) is 62.7 Å². The number of hydrogen-bond donors (Lipinski definition) is 0. The topological polar surface area (TPSA) is 67.2 Å². The third-order valence-corrected chi connectivity index (χ3v) is 6.27. The normalized spacial score (nSPS) is 20.0. The fraction of sp³-hybridized carbons (Fsp3) is 0.391. The summed E-state index contributed by atoms with van der Waals surface area (Å²) in [4.78, 5) is 30.5. The van der Waals surface area contributed by atoms with E-state index in [4.69, 9.17) is 0 Å². The number of amides is 1. The largest absolute Gasteiger partial charge is 0.355 e. The van der Waals surface area contributed by atoms with Crippen molar-refractivity contribution in [3.63, 3.8) is 0 Å². The van der Waals surface area contributed by atoms with Crippen molar-refractivity contribution in [2.24, 2.45) is 5.92 Å². The number of carbonyl (C=O) groups excluding carboxylic acids is 1. The van der Waals surface area contributed by atoms with Gasteiger partial charge in [0.05, 0.1) is 17.6 Å². The van der Waals surface area contributed by atoms with E-state index in [0.29, 0.717) is 24.7 Å². The molecule has 0 unspecified atom stereocenters. The van der Waals surface area contributed by atoms with Crippen molar-refractivity contribution in [2.45, 2.75) is 32.2 Å². The molecule has 0 N–H and O–H groups in total. The van der Waals surface area contributed by atoms with Gasteiger partial charge in [0.2, 0.25) is 0 Å². The second kappa shape index (κ2) is 7.23. The predicted molar refractivity (Wildman–Crippen MR) is 115 cm³/mol. The van der Waals surface area contributed by atoms with Crippen LogP contribution in [0.25, 0.3) is 5.82 Å². The Balaban J connectivity index is 1.56. The second-order valence-electron chi connectivity index (χ2n) is 8.54. The van der Waals surface area contributed by atoms with Crippen LogP contribution in [-0.2, 0) is 5.54 Å². The van der Waals surface area contributed by atoms with Gasteiger partial charge >= 0.3 is 0 Å². The molecule has 7 heteroatoms. The molecule has 1 atom stereocenters. The molecule has 2 aliphatic rings. The van der Waals surface area contributed by atoms with Crippen LogP contribution in [0.2, 0.25) is 0 Å². The molecular weight excluding hydrogens is 376 g/mol. The average molecular weight is 403 g/mol. The summed E-state index contributed by atoms with van der Waals surface area (Å²) in [5.41, 5.74) is 2.46. The first-order valence-corrected chi connectivity index (χ1v) is 10.6. The van der Waals surface area contributed by atoms with Crippen LogP contribution in [0.4, 0.5) is 5.69 Å². The lowest BCUT2D eigenvalue weighted by atomic mass is 9.88. The predicted octanol–water partition coefficient (Wildman–Crippen LogP) is 3.27. The summed E-state index contributed by atoms with van der Waals surface area (Å²) in [6, 6.07) is 8.41. The molecule has 1 amide bonds. The second-order valence-corrected chi connectivity index (χ2v) is 8.54. The number of pyridine rings is 1. The molecule has 3 aromatic rings. The van der Waals surface area contributed by atoms with Gasteiger partial charge in [0.15, 0.2) is 5.82 Å². The van der Waals surface area contributed by atoms with Crippen LogP contribution in [0, 0.1) is 5.92 Å². The molecule has 1 spiro atoms. The lowest BCUT2D eigenvalue weighted by Gasteiger charge is -2.47. The molecular formula is C23H26N6O. The molecule has 0 saturated carbocycles. The van der Waals surface area contributed by atoms with E-state index < -0.39 is 0 Å². The zero-order valence-corrected chi connectivity index (χ0v) is 17.4. The molecule has 154 valence electrons. The molecule has 1 fully saturated rings. The molecule has 5 rings (SSSR count). The number of aromatic nitrogens is 4. The van der Waals surface area contributed by atoms with Crippen molar-refractivity contribution in [2.75, 3.05) is 24.5 Å². The number of carbonyl (C=O) groups is 1. The third kappa shape index (κ3) is 2.88. The fourth-order valence-corrected chi connectivity index (χ4v) is 4.79. The van der Waals surface area contributed by atoms with Crippen LogP contribution >= 0.6 is 0 Å². The van der Waals surface area contributed by atoms with E-state index >= 15 is 0 Å². The van der Waals surface area contributed by atoms with Crippen molar-refractivity contribution in [3.05, 3.63) is 66.6 Å². The number of anilines is 1. The Morgan fingerprint density at radius 1 is 1.17 bits per heavy atom. The molecule has 2 aliphatic heterocycles. The highest BCUT2D eigenvalue weighted by atomic mass is 16.2. The van der Waals surface area contributed by atoms with E-state index in [1.165, 1.54) is 5.69 Å². The van der Waals surface area contributed by atoms with Gasteiger partial charge in [-0.3, -0.25) is 9.78 Å². The third-order valence-electron chi connectivity index (χ3n) is 6.27. The quantitative estimate of drug-likeness (QED) is 0.670. The summed E-state index contributed by atoms with van der Waals surface area (Å²) in [5, 5.41) is 0. The van der Waals surface area contributed by atoms with Gasteiger partial charge in [-0.2, -0.15) is 0 Å². The molecule has 30 heavy (non-hydrogen) atoms. The summed E-state index contributed by atoms with van der Waals surface area (Å²) >= 11 is 0. The van der Waals surface area contributed by atoms with Crippen molar-refractivity contribution in [1.82, 2.24) is 24.4 Å². The Morgan fingerprint density at radius 3 is 2.87 bits per heavy atom. The minimum Gasteiger partial charge on any atom is -0.355 e. The van der Waals surface area contributed by atoms with Crippen LogP contribution in [0.3, 0.4) is 0 Å². The molecule has 0 bridgehead atoms. The summed E-state index contributed by atoms with van der Waals surface area (Å²) in [6.07, 6.45) is 10.6. The standard InChI is InChI=1S/C23H26N6O/c1-17(2)7-13-29-19-5-3-9-26-21(19)28-12-4-6-20(28)23(29)8-14-27(16-23)22(30)18-15-24-10-11-25-18/h3-6,9-12,15,17H,7-8,13-14,16H2,1-2H3/t23-/m0/s1. The van der Waals surface area contributed by atoms with Crippen molar-refractivity contribution >= 4 is 11.6 Å². The van der Waals surface area contributed by atoms with Crippen molar-refractivity contribution in [1.29, 1.82) is 0 Å². The first-order chi connectivity index (χ1) is 14.6. The molecule has 7 nitrogen and oxygen atoms in total. The van der Waals surface area contributed by atoms with Gasteiger partial charge in [0.1, 0.15) is 11.2 Å². The molecule has 0 aliphatic carbocycles. The highest BCUT2D eigenvalue weighted by Crippen LogP contribution is 2.47. The summed E-state index contributed by atoms with van der Waals surface area (Å²) in [6.45, 7) is 6.74. The minimum absolute atomic E-state index is 0.0566. The van der Waals surface area contributed by atoms with Gasteiger partial charge in [0.25, 0.3) is 5.91 Å². The van der Waals surface area contributed by atoms with Gasteiger partial charge in [0, 0.05) is 44.4 Å². The van der Waals surface area contributed by atoms with Crippen LogP contribution in [0.15, 0.2) is 55.2 Å². The van der Waals surface area contributed by atoms with Crippen LogP contribution in [0.1, 0.15) is 42.9 Å². The van der Waals surface area contributed by atoms with Crippen LogP contribution in [0.5, 0.6) is 0 Å². The number of fused-ring (bicyclic) bond motifs is 4. The smallest absolute Gasteiger partial charge is 0.274 e. The molecule has 5 heterocycles. The van der Waals surface area contributed by atoms with Crippen molar-refractivity contribution in [3.8, 4) is 5.82 Å². The summed E-state index contributed by atoms with van der Waals surface area (Å²) < 4.78 is 2.19. The lowest BCUT2D eigenvalue weighted by molar-refractivity contribution is 0.0775. The average Bonchev–Trinajstić information content (AvgIpc) is 3.43. The van der Waals surface area contributed by atoms with E-state index in [1.54, 1.807) is 18.6 Å². The van der Waals surface area contributed by atoms with Gasteiger partial charge in [-0.05, 0) is 43.0 Å². The summed E-state index contributed by atoms with van der Waals surface area (Å²) in [5.74, 6) is 1.50. The maximum Gasteiger partial charge on any atom is 0.274 e. The van der Waals surface area contributed by atoms with Crippen LogP contribution in [-0.4, -0.2) is 50.0 Å². The Bertz CT molecular complexity index is 1060. The van der Waals surface area contributed by atoms with Gasteiger partial charge < -0.3 is 14.4 Å². The Labute approximate surface area is 176 Å². The van der Waals surface area contributed by atoms with Gasteiger partial charge in [-0.1, -0.05) is 13.8 Å². The summed E-state index contributed by atoms with van der Waals surface area (Å²) in [7, 11) is 0. The molecule has 0 radical (unpaired) electrons. The first kappa shape index (κ1) is 18.8. The van der Waals surface area contributed by atoms with Gasteiger partial charge in [-0.25, -0.2) is 9.97 Å². The van der Waals surface area contributed by atoms with Crippen molar-refractivity contribution < 1.29 is 4.79 Å². The monoisotopic (exact) mass is 402 g/mol. The van der Waals surface area contributed by atoms with Gasteiger partial charge in [-0.15, -0.1) is 0 Å². The molecule has 3 aromatic heterocycles. The number of likely N-dealkylation sites (tertiary alicyclic amines) is 1. The lowest BCUT2D eigenvalue weighted by Crippen LogP contribution is -2.53. The highest BCUT2D eigenvalue weighted by Gasteiger charge is 2.50. The Kier molecular flexibility index (Phi) is 4.53. The zero-order valence-electron chi connectivity index (χ0n) is 17.4. The SMILES string of the molecule is CC(C)CCN1c2cccnc2-n2cccc2[C@@]12CCN(C(=O)c1cnccn1)C2. The first-order valence-electron chi connectivity index (χ1n) is 10.6. The van der Waals surface area contributed by atoms with E-state index in [-0.39, 0.29) is 11.4 Å². The van der Waals surface area contributed by atoms with E-state index in [9.17, 15) is 4.79 Å². The van der Waals surface area contributed by atoms with Crippen LogP contribution < -0.4 is 4.90 Å². The Hall–Kier alpha value is -3.22. The van der Waals surface area contributed by atoms with E-state index in [1.807, 2.05) is 17.2 Å².